The standard InChI is InChI=1S/C16H20ClNO/c1-3-9-18-16(15-8-10-19-12(15)2)11-13-4-6-14(17)7-5-13/h4-8,10,16,18H,3,9,11H2,1-2H3. The van der Waals surface area contributed by atoms with Crippen molar-refractivity contribution in [3.63, 3.8) is 0 Å². The van der Waals surface area contributed by atoms with Gasteiger partial charge in [-0.15, -0.1) is 0 Å². The second-order valence-corrected chi connectivity index (χ2v) is 5.21. The first-order valence-corrected chi connectivity index (χ1v) is 7.10. The van der Waals surface area contributed by atoms with Crippen molar-refractivity contribution in [3.05, 3.63) is 58.5 Å². The summed E-state index contributed by atoms with van der Waals surface area (Å²) >= 11 is 5.93. The molecule has 0 saturated heterocycles. The number of rotatable bonds is 6. The Kier molecular flexibility index (Phi) is 5.06. The van der Waals surface area contributed by atoms with Crippen LogP contribution in [0.4, 0.5) is 0 Å². The molecule has 19 heavy (non-hydrogen) atoms. The normalized spacial score (nSPS) is 12.6. The highest BCUT2D eigenvalue weighted by Gasteiger charge is 2.15. The smallest absolute Gasteiger partial charge is 0.105 e. The molecule has 1 N–H and O–H groups in total. The monoisotopic (exact) mass is 277 g/mol. The van der Waals surface area contributed by atoms with Gasteiger partial charge in [0.2, 0.25) is 0 Å². The molecule has 1 atom stereocenters. The van der Waals surface area contributed by atoms with Crippen molar-refractivity contribution in [3.8, 4) is 0 Å². The lowest BCUT2D eigenvalue weighted by Crippen LogP contribution is -2.24. The molecule has 2 rings (SSSR count). The van der Waals surface area contributed by atoms with Gasteiger partial charge < -0.3 is 9.73 Å². The van der Waals surface area contributed by atoms with Gasteiger partial charge in [-0.2, -0.15) is 0 Å². The predicted octanol–water partition coefficient (Wildman–Crippen LogP) is 4.52. The SMILES string of the molecule is CCCNC(Cc1ccc(Cl)cc1)c1ccoc1C. The predicted molar refractivity (Wildman–Crippen MR) is 79.6 cm³/mol. The molecular formula is C16H20ClNO. The Morgan fingerprint density at radius 3 is 2.53 bits per heavy atom. The van der Waals surface area contributed by atoms with Crippen molar-refractivity contribution in [1.29, 1.82) is 0 Å². The largest absolute Gasteiger partial charge is 0.469 e. The van der Waals surface area contributed by atoms with Gasteiger partial charge in [-0.05, 0) is 50.1 Å². The minimum absolute atomic E-state index is 0.292. The number of aryl methyl sites for hydroxylation is 1. The second-order valence-electron chi connectivity index (χ2n) is 4.77. The van der Waals surface area contributed by atoms with E-state index >= 15 is 0 Å². The summed E-state index contributed by atoms with van der Waals surface area (Å²) in [6.07, 6.45) is 3.82. The van der Waals surface area contributed by atoms with E-state index in [4.69, 9.17) is 16.0 Å². The first-order valence-electron chi connectivity index (χ1n) is 6.72. The summed E-state index contributed by atoms with van der Waals surface area (Å²) in [4.78, 5) is 0. The fourth-order valence-electron chi connectivity index (χ4n) is 2.22. The van der Waals surface area contributed by atoms with Crippen LogP contribution in [0, 0.1) is 6.92 Å². The average molecular weight is 278 g/mol. The third-order valence-corrected chi connectivity index (χ3v) is 3.52. The molecule has 1 aromatic heterocycles. The number of furan rings is 1. The van der Waals surface area contributed by atoms with Gasteiger partial charge in [0.25, 0.3) is 0 Å². The Labute approximate surface area is 119 Å². The third kappa shape index (κ3) is 3.85. The van der Waals surface area contributed by atoms with Crippen molar-refractivity contribution in [2.24, 2.45) is 0 Å². The third-order valence-electron chi connectivity index (χ3n) is 3.27. The molecule has 0 spiro atoms. The Balaban J connectivity index is 2.14. The summed E-state index contributed by atoms with van der Waals surface area (Å²) in [5.41, 5.74) is 2.52. The molecule has 1 aromatic carbocycles. The molecule has 102 valence electrons. The van der Waals surface area contributed by atoms with Crippen LogP contribution in [-0.4, -0.2) is 6.54 Å². The number of benzene rings is 1. The van der Waals surface area contributed by atoms with E-state index in [2.05, 4.69) is 30.4 Å². The molecule has 0 aliphatic carbocycles. The lowest BCUT2D eigenvalue weighted by Gasteiger charge is -2.18. The van der Waals surface area contributed by atoms with Crippen molar-refractivity contribution < 1.29 is 4.42 Å². The van der Waals surface area contributed by atoms with Gasteiger partial charge in [0.15, 0.2) is 0 Å². The van der Waals surface area contributed by atoms with Crippen molar-refractivity contribution in [2.75, 3.05) is 6.54 Å². The molecule has 0 fully saturated rings. The highest BCUT2D eigenvalue weighted by atomic mass is 35.5. The summed E-state index contributed by atoms with van der Waals surface area (Å²) in [5.74, 6) is 0.988. The molecule has 0 aliphatic heterocycles. The minimum atomic E-state index is 0.292. The molecule has 2 nitrogen and oxygen atoms in total. The summed E-state index contributed by atoms with van der Waals surface area (Å²) < 4.78 is 5.42. The van der Waals surface area contributed by atoms with Gasteiger partial charge in [-0.3, -0.25) is 0 Å². The van der Waals surface area contributed by atoms with Crippen molar-refractivity contribution >= 4 is 11.6 Å². The van der Waals surface area contributed by atoms with E-state index in [0.717, 1.165) is 30.2 Å². The van der Waals surface area contributed by atoms with Gasteiger partial charge in [-0.25, -0.2) is 0 Å². The van der Waals surface area contributed by atoms with Crippen LogP contribution in [0.2, 0.25) is 5.02 Å². The highest BCUT2D eigenvalue weighted by molar-refractivity contribution is 6.30. The lowest BCUT2D eigenvalue weighted by molar-refractivity contribution is 0.494. The Morgan fingerprint density at radius 2 is 1.95 bits per heavy atom. The zero-order valence-electron chi connectivity index (χ0n) is 11.4. The van der Waals surface area contributed by atoms with Crippen LogP contribution in [0.5, 0.6) is 0 Å². The second kappa shape index (κ2) is 6.78. The minimum Gasteiger partial charge on any atom is -0.469 e. The average Bonchev–Trinajstić information content (AvgIpc) is 2.83. The molecule has 0 saturated carbocycles. The van der Waals surface area contributed by atoms with Gasteiger partial charge in [0.05, 0.1) is 6.26 Å². The fourth-order valence-corrected chi connectivity index (χ4v) is 2.35. The van der Waals surface area contributed by atoms with Gasteiger partial charge in [0.1, 0.15) is 5.76 Å². The van der Waals surface area contributed by atoms with E-state index in [9.17, 15) is 0 Å². The van der Waals surface area contributed by atoms with Crippen LogP contribution in [0.1, 0.15) is 36.3 Å². The quantitative estimate of drug-likeness (QED) is 0.839. The molecular weight excluding hydrogens is 258 g/mol. The molecule has 3 heteroatoms. The van der Waals surface area contributed by atoms with Gasteiger partial charge >= 0.3 is 0 Å². The number of nitrogens with one attached hydrogen (secondary N) is 1. The zero-order valence-corrected chi connectivity index (χ0v) is 12.2. The fraction of sp³-hybridized carbons (Fsp3) is 0.375. The molecule has 1 heterocycles. The number of halogens is 1. The Morgan fingerprint density at radius 1 is 1.21 bits per heavy atom. The Hall–Kier alpha value is -1.25. The molecule has 2 aromatic rings. The van der Waals surface area contributed by atoms with Crippen LogP contribution in [-0.2, 0) is 6.42 Å². The van der Waals surface area contributed by atoms with Crippen LogP contribution >= 0.6 is 11.6 Å². The molecule has 0 bridgehead atoms. The molecule has 0 aliphatic rings. The van der Waals surface area contributed by atoms with Gasteiger partial charge in [0, 0.05) is 16.6 Å². The number of hydrogen-bond donors (Lipinski definition) is 1. The van der Waals surface area contributed by atoms with Gasteiger partial charge in [-0.1, -0.05) is 30.7 Å². The first kappa shape index (κ1) is 14.2. The van der Waals surface area contributed by atoms with E-state index in [1.165, 1.54) is 11.1 Å². The highest BCUT2D eigenvalue weighted by Crippen LogP contribution is 2.23. The maximum Gasteiger partial charge on any atom is 0.105 e. The van der Waals surface area contributed by atoms with Crippen molar-refractivity contribution in [2.45, 2.75) is 32.7 Å². The topological polar surface area (TPSA) is 25.2 Å². The summed E-state index contributed by atoms with van der Waals surface area (Å²) in [6, 6.07) is 10.4. The molecule has 0 radical (unpaired) electrons. The summed E-state index contributed by atoms with van der Waals surface area (Å²) in [7, 11) is 0. The maximum atomic E-state index is 5.93. The maximum absolute atomic E-state index is 5.93. The van der Waals surface area contributed by atoms with E-state index in [1.807, 2.05) is 19.1 Å². The van der Waals surface area contributed by atoms with E-state index < -0.39 is 0 Å². The van der Waals surface area contributed by atoms with E-state index in [0.29, 0.717) is 6.04 Å². The Bertz CT molecular complexity index is 504. The van der Waals surface area contributed by atoms with Crippen molar-refractivity contribution in [1.82, 2.24) is 5.32 Å². The summed E-state index contributed by atoms with van der Waals surface area (Å²) in [6.45, 7) is 5.19. The van der Waals surface area contributed by atoms with Crippen LogP contribution in [0.3, 0.4) is 0 Å². The molecule has 0 amide bonds. The van der Waals surface area contributed by atoms with Crippen LogP contribution in [0.15, 0.2) is 41.0 Å². The lowest BCUT2D eigenvalue weighted by atomic mass is 9.99. The van der Waals surface area contributed by atoms with Crippen LogP contribution in [0.25, 0.3) is 0 Å². The summed E-state index contributed by atoms with van der Waals surface area (Å²) in [5, 5.41) is 4.36. The van der Waals surface area contributed by atoms with E-state index in [1.54, 1.807) is 6.26 Å². The zero-order chi connectivity index (χ0) is 13.7. The first-order chi connectivity index (χ1) is 9.20. The van der Waals surface area contributed by atoms with Crippen LogP contribution < -0.4 is 5.32 Å². The number of hydrogen-bond acceptors (Lipinski definition) is 2. The van der Waals surface area contributed by atoms with E-state index in [-0.39, 0.29) is 0 Å². The molecule has 1 unspecified atom stereocenters.